The Morgan fingerprint density at radius 1 is 0.973 bits per heavy atom. The Morgan fingerprint density at radius 2 is 1.51 bits per heavy atom. The summed E-state index contributed by atoms with van der Waals surface area (Å²) < 4.78 is 5.03. The molecule has 1 aliphatic heterocycles. The molecule has 2 N–H and O–H groups in total. The lowest BCUT2D eigenvalue weighted by Crippen LogP contribution is -2.45. The highest BCUT2D eigenvalue weighted by Gasteiger charge is 2.42. The van der Waals surface area contributed by atoms with Crippen LogP contribution in [-0.4, -0.2) is 42.2 Å². The summed E-state index contributed by atoms with van der Waals surface area (Å²) in [4.78, 5) is 31.7. The van der Waals surface area contributed by atoms with E-state index in [4.69, 9.17) is 4.74 Å². The minimum absolute atomic E-state index is 0.0273. The maximum Gasteiger partial charge on any atom is 0.341 e. The molecule has 3 aromatic rings. The first kappa shape index (κ1) is 26.4. The average molecular weight is 502 g/mol. The predicted octanol–water partition coefficient (Wildman–Crippen LogP) is 5.01. The Morgan fingerprint density at radius 3 is 2.00 bits per heavy atom. The molecular weight excluding hydrogens is 466 g/mol. The van der Waals surface area contributed by atoms with Crippen LogP contribution in [0.4, 0.5) is 11.5 Å². The summed E-state index contributed by atoms with van der Waals surface area (Å²) in [5, 5.41) is 15.0. The van der Waals surface area contributed by atoms with Crippen LogP contribution in [0.5, 0.6) is 0 Å². The van der Waals surface area contributed by atoms with Crippen molar-refractivity contribution in [3.8, 4) is 0 Å². The summed E-state index contributed by atoms with van der Waals surface area (Å²) in [5.41, 5.74) is 0.767. The molecule has 0 radical (unpaired) electrons. The van der Waals surface area contributed by atoms with E-state index >= 15 is 0 Å². The maximum atomic E-state index is 12.7. The number of methoxy groups -OCH3 is 1. The van der Waals surface area contributed by atoms with E-state index < -0.39 is 17.0 Å². The van der Waals surface area contributed by atoms with Crippen molar-refractivity contribution in [2.75, 3.05) is 30.4 Å². The van der Waals surface area contributed by atoms with Gasteiger partial charge in [0.2, 0.25) is 5.91 Å². The molecule has 1 aliphatic rings. The van der Waals surface area contributed by atoms with Crippen molar-refractivity contribution in [3.05, 3.63) is 89.6 Å². The number of amides is 1. The van der Waals surface area contributed by atoms with Crippen molar-refractivity contribution < 1.29 is 19.4 Å². The summed E-state index contributed by atoms with van der Waals surface area (Å²) >= 11 is 0. The number of ether oxygens (including phenoxy) is 1. The van der Waals surface area contributed by atoms with Gasteiger partial charge in [-0.3, -0.25) is 4.79 Å². The van der Waals surface area contributed by atoms with Crippen molar-refractivity contribution in [3.63, 3.8) is 0 Å². The first-order valence-electron chi connectivity index (χ1n) is 12.6. The lowest BCUT2D eigenvalue weighted by Gasteiger charge is -2.42. The second-order valence-corrected chi connectivity index (χ2v) is 10.6. The van der Waals surface area contributed by atoms with Crippen LogP contribution < -0.4 is 10.2 Å². The number of benzene rings is 2. The van der Waals surface area contributed by atoms with Crippen molar-refractivity contribution in [1.29, 1.82) is 0 Å². The van der Waals surface area contributed by atoms with Crippen LogP contribution in [0.1, 0.15) is 55.1 Å². The summed E-state index contributed by atoms with van der Waals surface area (Å²) in [6.45, 7) is 6.68. The van der Waals surface area contributed by atoms with E-state index in [9.17, 15) is 14.7 Å². The smallest absolute Gasteiger partial charge is 0.341 e. The maximum absolute atomic E-state index is 12.7. The number of piperidine rings is 1. The number of rotatable bonds is 6. The fourth-order valence-electron chi connectivity index (χ4n) is 4.89. The van der Waals surface area contributed by atoms with Crippen LogP contribution in [-0.2, 0) is 15.1 Å². The zero-order valence-electron chi connectivity index (χ0n) is 21.9. The molecule has 0 aliphatic carbocycles. The fraction of sp³-hybridized carbons (Fsp3) is 0.367. The highest BCUT2D eigenvalue weighted by molar-refractivity contribution is 5.99. The number of carbonyl (C=O) groups is 2. The minimum atomic E-state index is -1.13. The molecule has 2 aromatic carbocycles. The molecular formula is C30H35N3O4. The molecule has 0 bridgehead atoms. The van der Waals surface area contributed by atoms with E-state index in [0.717, 1.165) is 11.1 Å². The van der Waals surface area contributed by atoms with Gasteiger partial charge in [-0.05, 0) is 36.0 Å². The Balaban J connectivity index is 1.59. The zero-order chi connectivity index (χ0) is 26.6. The quantitative estimate of drug-likeness (QED) is 0.462. The van der Waals surface area contributed by atoms with Gasteiger partial charge in [0.05, 0.1) is 19.0 Å². The second-order valence-electron chi connectivity index (χ2n) is 10.6. The van der Waals surface area contributed by atoms with Crippen LogP contribution in [0, 0.1) is 11.3 Å². The highest BCUT2D eigenvalue weighted by Crippen LogP contribution is 2.42. The van der Waals surface area contributed by atoms with Crippen LogP contribution in [0.2, 0.25) is 0 Å². The van der Waals surface area contributed by atoms with Crippen LogP contribution in [0.3, 0.4) is 0 Å². The molecule has 7 nitrogen and oxygen atoms in total. The van der Waals surface area contributed by atoms with E-state index in [1.54, 1.807) is 12.3 Å². The SMILES string of the molecule is COC(=O)c1cc(NC(=O)C(C)(C)C)cnc1N1CCC(C(O)(c2ccccc2)c2ccccc2)CC1. The zero-order valence-corrected chi connectivity index (χ0v) is 21.9. The Bertz CT molecular complexity index is 1190. The molecule has 1 fully saturated rings. The van der Waals surface area contributed by atoms with E-state index in [1.165, 1.54) is 7.11 Å². The number of nitrogens with one attached hydrogen (secondary N) is 1. The number of nitrogens with zero attached hydrogens (tertiary/aromatic N) is 2. The molecule has 1 amide bonds. The Hall–Kier alpha value is -3.71. The number of aromatic nitrogens is 1. The summed E-state index contributed by atoms with van der Waals surface area (Å²) in [5.74, 6) is -0.191. The lowest BCUT2D eigenvalue weighted by atomic mass is 9.72. The van der Waals surface area contributed by atoms with Crippen molar-refractivity contribution in [2.45, 2.75) is 39.2 Å². The molecule has 0 saturated carbocycles. The molecule has 0 spiro atoms. The van der Waals surface area contributed by atoms with E-state index in [0.29, 0.717) is 43.0 Å². The van der Waals surface area contributed by atoms with Crippen LogP contribution in [0.15, 0.2) is 72.9 Å². The fourth-order valence-corrected chi connectivity index (χ4v) is 4.89. The Labute approximate surface area is 218 Å². The largest absolute Gasteiger partial charge is 0.465 e. The summed E-state index contributed by atoms with van der Waals surface area (Å²) in [6.07, 6.45) is 2.97. The molecule has 0 atom stereocenters. The molecule has 7 heteroatoms. The molecule has 1 saturated heterocycles. The first-order chi connectivity index (χ1) is 17.6. The number of hydrogen-bond acceptors (Lipinski definition) is 6. The first-order valence-corrected chi connectivity index (χ1v) is 12.6. The number of pyridine rings is 1. The van der Waals surface area contributed by atoms with E-state index in [2.05, 4.69) is 15.2 Å². The topological polar surface area (TPSA) is 91.8 Å². The van der Waals surface area contributed by atoms with Crippen LogP contribution >= 0.6 is 0 Å². The third-order valence-electron chi connectivity index (χ3n) is 7.02. The highest BCUT2D eigenvalue weighted by atomic mass is 16.5. The van der Waals surface area contributed by atoms with Crippen molar-refractivity contribution in [1.82, 2.24) is 4.98 Å². The molecule has 4 rings (SSSR count). The van der Waals surface area contributed by atoms with Gasteiger partial charge in [-0.25, -0.2) is 9.78 Å². The number of esters is 1. The summed E-state index contributed by atoms with van der Waals surface area (Å²) in [6, 6.07) is 21.2. The number of anilines is 2. The predicted molar refractivity (Wildman–Crippen MR) is 144 cm³/mol. The lowest BCUT2D eigenvalue weighted by molar-refractivity contribution is -0.123. The molecule has 0 unspecified atom stereocenters. The molecule has 1 aromatic heterocycles. The number of hydrogen-bond donors (Lipinski definition) is 2. The minimum Gasteiger partial charge on any atom is -0.465 e. The monoisotopic (exact) mass is 501 g/mol. The molecule has 194 valence electrons. The van der Waals surface area contributed by atoms with Gasteiger partial charge in [0, 0.05) is 18.5 Å². The third kappa shape index (κ3) is 5.52. The number of carbonyl (C=O) groups excluding carboxylic acids is 2. The van der Waals surface area contributed by atoms with Crippen LogP contribution in [0.25, 0.3) is 0 Å². The van der Waals surface area contributed by atoms with Crippen molar-refractivity contribution >= 4 is 23.4 Å². The van der Waals surface area contributed by atoms with Crippen molar-refractivity contribution in [2.24, 2.45) is 11.3 Å². The van der Waals surface area contributed by atoms with Gasteiger partial charge in [-0.1, -0.05) is 81.4 Å². The molecule has 2 heterocycles. The number of aliphatic hydroxyl groups is 1. The second kappa shape index (κ2) is 10.7. The third-order valence-corrected chi connectivity index (χ3v) is 7.02. The van der Waals surface area contributed by atoms with Gasteiger partial charge >= 0.3 is 5.97 Å². The molecule has 37 heavy (non-hydrogen) atoms. The van der Waals surface area contributed by atoms with E-state index in [1.807, 2.05) is 81.4 Å². The van der Waals surface area contributed by atoms with Gasteiger partial charge in [0.1, 0.15) is 17.0 Å². The van der Waals surface area contributed by atoms with Gasteiger partial charge in [-0.2, -0.15) is 0 Å². The van der Waals surface area contributed by atoms with Gasteiger partial charge in [0.25, 0.3) is 0 Å². The normalized spacial score (nSPS) is 14.8. The standard InChI is InChI=1S/C30H35N3O4/c1-29(2,3)28(35)32-24-19-25(27(34)37-4)26(31-20-24)33-17-15-23(16-18-33)30(36,21-11-7-5-8-12-21)22-13-9-6-10-14-22/h5-14,19-20,23,36H,15-18H2,1-4H3,(H,32,35). The van der Waals surface area contributed by atoms with Gasteiger partial charge < -0.3 is 20.1 Å². The van der Waals surface area contributed by atoms with Gasteiger partial charge in [-0.15, -0.1) is 0 Å². The Kier molecular flexibility index (Phi) is 7.64. The average Bonchev–Trinajstić information content (AvgIpc) is 2.92. The van der Waals surface area contributed by atoms with E-state index in [-0.39, 0.29) is 11.8 Å². The van der Waals surface area contributed by atoms with Gasteiger partial charge in [0.15, 0.2) is 0 Å². The summed E-state index contributed by atoms with van der Waals surface area (Å²) in [7, 11) is 1.33.